The molecule has 36 heavy (non-hydrogen) atoms. The van der Waals surface area contributed by atoms with Gasteiger partial charge in [-0.05, 0) is 36.2 Å². The second-order valence-corrected chi connectivity index (χ2v) is 9.37. The van der Waals surface area contributed by atoms with Crippen LogP contribution in [0.2, 0.25) is 0 Å². The number of methoxy groups -OCH3 is 3. The van der Waals surface area contributed by atoms with Crippen molar-refractivity contribution in [2.24, 2.45) is 0 Å². The molecule has 3 aromatic carbocycles. The van der Waals surface area contributed by atoms with E-state index in [2.05, 4.69) is 88.4 Å². The zero-order valence-corrected chi connectivity index (χ0v) is 21.6. The first kappa shape index (κ1) is 24.2. The van der Waals surface area contributed by atoms with Crippen molar-refractivity contribution in [1.82, 2.24) is 14.8 Å². The van der Waals surface area contributed by atoms with E-state index in [4.69, 9.17) is 14.2 Å². The first-order chi connectivity index (χ1) is 17.6. The Morgan fingerprint density at radius 3 is 2.08 bits per heavy atom. The number of fused-ring (bicyclic) bond motifs is 1. The SMILES string of the molecule is COc1cc([C@@H](c2c(C)[nH]c3ccccc23)N2CCN(Cc3ccccc3)CC2)cc(OC)c1OC. The van der Waals surface area contributed by atoms with E-state index < -0.39 is 0 Å². The highest BCUT2D eigenvalue weighted by Gasteiger charge is 2.31. The van der Waals surface area contributed by atoms with Gasteiger partial charge in [-0.2, -0.15) is 0 Å². The minimum absolute atomic E-state index is 0.0498. The van der Waals surface area contributed by atoms with Gasteiger partial charge in [0.2, 0.25) is 5.75 Å². The maximum atomic E-state index is 5.74. The average molecular weight is 486 g/mol. The molecule has 1 aliphatic heterocycles. The Morgan fingerprint density at radius 1 is 0.806 bits per heavy atom. The van der Waals surface area contributed by atoms with Crippen LogP contribution in [0, 0.1) is 6.92 Å². The lowest BCUT2D eigenvalue weighted by Gasteiger charge is -2.40. The molecule has 0 aliphatic carbocycles. The number of piperazine rings is 1. The predicted octanol–water partition coefficient (Wildman–Crippen LogP) is 5.41. The van der Waals surface area contributed by atoms with Crippen molar-refractivity contribution in [3.05, 3.63) is 89.1 Å². The predicted molar refractivity (Wildman–Crippen MR) is 144 cm³/mol. The number of benzene rings is 3. The van der Waals surface area contributed by atoms with Crippen molar-refractivity contribution in [2.75, 3.05) is 47.5 Å². The Hall–Kier alpha value is -3.48. The molecular formula is C30H35N3O3. The molecule has 188 valence electrons. The van der Waals surface area contributed by atoms with Crippen molar-refractivity contribution >= 4 is 10.9 Å². The second kappa shape index (κ2) is 10.6. The number of para-hydroxylation sites is 1. The van der Waals surface area contributed by atoms with Gasteiger partial charge in [0, 0.05) is 54.9 Å². The Bertz CT molecular complexity index is 1280. The normalized spacial score (nSPS) is 15.7. The second-order valence-electron chi connectivity index (χ2n) is 9.37. The first-order valence-electron chi connectivity index (χ1n) is 12.5. The molecule has 1 fully saturated rings. The molecule has 0 spiro atoms. The maximum Gasteiger partial charge on any atom is 0.203 e. The van der Waals surface area contributed by atoms with Gasteiger partial charge >= 0.3 is 0 Å². The fourth-order valence-corrected chi connectivity index (χ4v) is 5.49. The van der Waals surface area contributed by atoms with Gasteiger partial charge in [0.15, 0.2) is 11.5 Å². The molecule has 1 N–H and O–H groups in total. The highest BCUT2D eigenvalue weighted by atomic mass is 16.5. The van der Waals surface area contributed by atoms with E-state index in [9.17, 15) is 0 Å². The van der Waals surface area contributed by atoms with Crippen molar-refractivity contribution in [1.29, 1.82) is 0 Å². The van der Waals surface area contributed by atoms with Crippen molar-refractivity contribution in [3.63, 3.8) is 0 Å². The van der Waals surface area contributed by atoms with Crippen LogP contribution in [-0.4, -0.2) is 62.3 Å². The van der Waals surface area contributed by atoms with E-state index in [1.807, 2.05) is 0 Å². The molecule has 0 saturated carbocycles. The van der Waals surface area contributed by atoms with E-state index in [1.54, 1.807) is 21.3 Å². The van der Waals surface area contributed by atoms with Gasteiger partial charge in [-0.15, -0.1) is 0 Å². The highest BCUT2D eigenvalue weighted by molar-refractivity contribution is 5.85. The smallest absolute Gasteiger partial charge is 0.203 e. The number of aromatic nitrogens is 1. The molecule has 5 rings (SSSR count). The molecule has 0 unspecified atom stereocenters. The van der Waals surface area contributed by atoms with Gasteiger partial charge in [0.1, 0.15) is 0 Å². The summed E-state index contributed by atoms with van der Waals surface area (Å²) in [6, 6.07) is 23.5. The summed E-state index contributed by atoms with van der Waals surface area (Å²) in [6.45, 7) is 7.11. The van der Waals surface area contributed by atoms with E-state index >= 15 is 0 Å². The molecule has 0 amide bonds. The number of hydrogen-bond donors (Lipinski definition) is 1. The Morgan fingerprint density at radius 2 is 1.44 bits per heavy atom. The number of aromatic amines is 1. The molecule has 6 heteroatoms. The third-order valence-electron chi connectivity index (χ3n) is 7.24. The largest absolute Gasteiger partial charge is 0.493 e. The van der Waals surface area contributed by atoms with Crippen LogP contribution >= 0.6 is 0 Å². The van der Waals surface area contributed by atoms with Gasteiger partial charge < -0.3 is 19.2 Å². The van der Waals surface area contributed by atoms with E-state index in [0.29, 0.717) is 17.2 Å². The fraction of sp³-hybridized carbons (Fsp3) is 0.333. The van der Waals surface area contributed by atoms with Gasteiger partial charge in [-0.3, -0.25) is 9.80 Å². The summed E-state index contributed by atoms with van der Waals surface area (Å²) < 4.78 is 17.1. The monoisotopic (exact) mass is 485 g/mol. The molecule has 6 nitrogen and oxygen atoms in total. The van der Waals surface area contributed by atoms with Crippen LogP contribution in [0.1, 0.15) is 28.4 Å². The minimum Gasteiger partial charge on any atom is -0.493 e. The number of rotatable bonds is 8. The summed E-state index contributed by atoms with van der Waals surface area (Å²) in [5.41, 5.74) is 6.14. The summed E-state index contributed by atoms with van der Waals surface area (Å²) in [5.74, 6) is 1.97. The van der Waals surface area contributed by atoms with Crippen molar-refractivity contribution in [3.8, 4) is 17.2 Å². The van der Waals surface area contributed by atoms with Crippen LogP contribution in [0.25, 0.3) is 10.9 Å². The Labute approximate surface area is 213 Å². The lowest BCUT2D eigenvalue weighted by molar-refractivity contribution is 0.105. The molecule has 1 aromatic heterocycles. The number of aryl methyl sites for hydroxylation is 1. The van der Waals surface area contributed by atoms with Crippen LogP contribution in [-0.2, 0) is 6.54 Å². The zero-order valence-electron chi connectivity index (χ0n) is 21.6. The Kier molecular flexibility index (Phi) is 7.16. The topological polar surface area (TPSA) is 50.0 Å². The van der Waals surface area contributed by atoms with Crippen molar-refractivity contribution < 1.29 is 14.2 Å². The quantitative estimate of drug-likeness (QED) is 0.362. The highest BCUT2D eigenvalue weighted by Crippen LogP contribution is 2.44. The number of ether oxygens (including phenoxy) is 3. The third kappa shape index (κ3) is 4.66. The lowest BCUT2D eigenvalue weighted by atomic mass is 9.93. The molecular weight excluding hydrogens is 450 g/mol. The fourth-order valence-electron chi connectivity index (χ4n) is 5.49. The number of H-pyrrole nitrogens is 1. The van der Waals surface area contributed by atoms with E-state index in [1.165, 1.54) is 22.2 Å². The summed E-state index contributed by atoms with van der Waals surface area (Å²) in [4.78, 5) is 8.74. The number of nitrogens with zero attached hydrogens (tertiary/aromatic N) is 2. The molecule has 2 heterocycles. The average Bonchev–Trinajstić information content (AvgIpc) is 3.25. The Balaban J connectivity index is 1.53. The summed E-state index contributed by atoms with van der Waals surface area (Å²) >= 11 is 0. The van der Waals surface area contributed by atoms with Crippen molar-refractivity contribution in [2.45, 2.75) is 19.5 Å². The van der Waals surface area contributed by atoms with Crippen LogP contribution in [0.15, 0.2) is 66.7 Å². The molecule has 4 aromatic rings. The van der Waals surface area contributed by atoms with E-state index in [-0.39, 0.29) is 6.04 Å². The summed E-state index contributed by atoms with van der Waals surface area (Å²) in [5, 5.41) is 1.25. The lowest BCUT2D eigenvalue weighted by Crippen LogP contribution is -2.47. The summed E-state index contributed by atoms with van der Waals surface area (Å²) in [7, 11) is 5.00. The van der Waals surface area contributed by atoms with Crippen LogP contribution in [0.4, 0.5) is 0 Å². The molecule has 1 aliphatic rings. The van der Waals surface area contributed by atoms with Crippen LogP contribution in [0.5, 0.6) is 17.2 Å². The standard InChI is InChI=1S/C30H35N3O3/c1-21-28(24-12-8-9-13-25(24)31-21)29(23-18-26(34-2)30(36-4)27(19-23)35-3)33-16-14-32(15-17-33)20-22-10-6-5-7-11-22/h5-13,18-19,29,31H,14-17,20H2,1-4H3/t29-/m0/s1. The molecule has 0 bridgehead atoms. The van der Waals surface area contributed by atoms with Gasteiger partial charge in [-0.1, -0.05) is 48.5 Å². The molecule has 1 atom stereocenters. The summed E-state index contributed by atoms with van der Waals surface area (Å²) in [6.07, 6.45) is 0. The molecule has 1 saturated heterocycles. The number of nitrogens with one attached hydrogen (secondary N) is 1. The van der Waals surface area contributed by atoms with Crippen LogP contribution < -0.4 is 14.2 Å². The maximum absolute atomic E-state index is 5.74. The zero-order chi connectivity index (χ0) is 25.1. The first-order valence-corrected chi connectivity index (χ1v) is 12.5. The molecule has 0 radical (unpaired) electrons. The van der Waals surface area contributed by atoms with Gasteiger partial charge in [0.05, 0.1) is 27.4 Å². The van der Waals surface area contributed by atoms with Gasteiger partial charge in [-0.25, -0.2) is 0 Å². The van der Waals surface area contributed by atoms with E-state index in [0.717, 1.165) is 43.8 Å². The van der Waals surface area contributed by atoms with Gasteiger partial charge in [0.25, 0.3) is 0 Å². The minimum atomic E-state index is 0.0498. The third-order valence-corrected chi connectivity index (χ3v) is 7.24. The van der Waals surface area contributed by atoms with Crippen LogP contribution in [0.3, 0.4) is 0 Å². The number of hydrogen-bond acceptors (Lipinski definition) is 5.